The number of nitrogens with one attached hydrogen (secondary N) is 1. The van der Waals surface area contributed by atoms with Crippen LogP contribution in [0.25, 0.3) is 0 Å². The Hall–Kier alpha value is -2.76. The number of allylic oxidation sites excluding steroid dienone is 1. The maximum atomic E-state index is 13.1. The van der Waals surface area contributed by atoms with Gasteiger partial charge in [-0.1, -0.05) is 45.0 Å². The Morgan fingerprint density at radius 1 is 1.00 bits per heavy atom. The van der Waals surface area contributed by atoms with Crippen molar-refractivity contribution in [1.29, 1.82) is 10.5 Å². The summed E-state index contributed by atoms with van der Waals surface area (Å²) in [6.07, 6.45) is 0. The van der Waals surface area contributed by atoms with Gasteiger partial charge < -0.3 is 5.32 Å². The van der Waals surface area contributed by atoms with Gasteiger partial charge in [0.25, 0.3) is 0 Å². The molecule has 0 unspecified atom stereocenters. The monoisotopic (exact) mass is 365 g/mol. The maximum Gasteiger partial charge on any atom is 0.159 e. The molecule has 0 fully saturated rings. The predicted octanol–water partition coefficient (Wildman–Crippen LogP) is 5.73. The Bertz CT molecular complexity index is 848. The molecule has 26 heavy (non-hydrogen) atoms. The summed E-state index contributed by atoms with van der Waals surface area (Å²) >= 11 is 1.37. The topological polar surface area (TPSA) is 59.6 Å². The molecule has 0 saturated carbocycles. The lowest BCUT2D eigenvalue weighted by atomic mass is 9.87. The smallest absolute Gasteiger partial charge is 0.159 e. The fourth-order valence-electron chi connectivity index (χ4n) is 2.22. The highest BCUT2D eigenvalue weighted by molar-refractivity contribution is 8.02. The molecule has 0 saturated heterocycles. The van der Waals surface area contributed by atoms with Gasteiger partial charge in [-0.25, -0.2) is 4.39 Å². The molecule has 3 nitrogen and oxygen atoms in total. The fraction of sp³-hybridized carbons (Fsp3) is 0.238. The van der Waals surface area contributed by atoms with Crippen molar-refractivity contribution in [2.45, 2.75) is 31.9 Å². The highest BCUT2D eigenvalue weighted by Crippen LogP contribution is 2.28. The third-order valence-electron chi connectivity index (χ3n) is 3.76. The second-order valence-corrected chi connectivity index (χ2v) is 7.78. The molecule has 0 atom stereocenters. The highest BCUT2D eigenvalue weighted by Gasteiger charge is 2.13. The predicted molar refractivity (Wildman–Crippen MR) is 105 cm³/mol. The normalized spacial score (nSPS) is 10.5. The van der Waals surface area contributed by atoms with Gasteiger partial charge in [0.15, 0.2) is 5.57 Å². The summed E-state index contributed by atoms with van der Waals surface area (Å²) in [6.45, 7) is 6.49. The van der Waals surface area contributed by atoms with Crippen LogP contribution in [0.1, 0.15) is 31.9 Å². The minimum atomic E-state index is -0.339. The lowest BCUT2D eigenvalue weighted by Crippen LogP contribution is -2.10. The standard InChI is InChI=1S/C21H20FN3S/c1-21(2,3)17-6-4-15(5-7-17)14-26-20(16(12-23)13-24)25-19-10-8-18(22)9-11-19/h4-11,25H,14H2,1-3H3. The zero-order chi connectivity index (χ0) is 19.2. The molecule has 0 aliphatic heterocycles. The van der Waals surface area contributed by atoms with E-state index in [-0.39, 0.29) is 16.8 Å². The summed E-state index contributed by atoms with van der Waals surface area (Å²) < 4.78 is 13.1. The second kappa shape index (κ2) is 8.56. The number of hydrogen-bond acceptors (Lipinski definition) is 4. The molecule has 0 spiro atoms. The number of rotatable bonds is 5. The molecule has 0 heterocycles. The molecule has 5 heteroatoms. The van der Waals surface area contributed by atoms with Crippen molar-refractivity contribution < 1.29 is 4.39 Å². The van der Waals surface area contributed by atoms with E-state index in [2.05, 4.69) is 50.4 Å². The van der Waals surface area contributed by atoms with Crippen LogP contribution in [-0.4, -0.2) is 0 Å². The van der Waals surface area contributed by atoms with Crippen LogP contribution in [0.4, 0.5) is 10.1 Å². The van der Waals surface area contributed by atoms with Gasteiger partial charge in [0, 0.05) is 11.4 Å². The molecule has 0 amide bonds. The van der Waals surface area contributed by atoms with Crippen LogP contribution in [0, 0.1) is 28.5 Å². The van der Waals surface area contributed by atoms with E-state index in [0.717, 1.165) is 5.56 Å². The van der Waals surface area contributed by atoms with E-state index in [9.17, 15) is 14.9 Å². The summed E-state index contributed by atoms with van der Waals surface area (Å²) in [5, 5.41) is 21.9. The van der Waals surface area contributed by atoms with Crippen molar-refractivity contribution in [3.8, 4) is 12.1 Å². The first-order valence-corrected chi connectivity index (χ1v) is 9.11. The minimum absolute atomic E-state index is 0.00522. The van der Waals surface area contributed by atoms with Crippen LogP contribution in [-0.2, 0) is 11.2 Å². The Kier molecular flexibility index (Phi) is 6.44. The van der Waals surface area contributed by atoms with Gasteiger partial charge in [-0.3, -0.25) is 0 Å². The van der Waals surface area contributed by atoms with E-state index in [4.69, 9.17) is 0 Å². The summed E-state index contributed by atoms with van der Waals surface area (Å²) in [6, 6.07) is 17.9. The van der Waals surface area contributed by atoms with Crippen molar-refractivity contribution in [2.24, 2.45) is 0 Å². The van der Waals surface area contributed by atoms with Crippen LogP contribution in [0.3, 0.4) is 0 Å². The molecule has 132 valence electrons. The number of hydrogen-bond donors (Lipinski definition) is 1. The van der Waals surface area contributed by atoms with E-state index in [0.29, 0.717) is 16.5 Å². The molecule has 0 bridgehead atoms. The van der Waals surface area contributed by atoms with E-state index in [1.807, 2.05) is 12.1 Å². The number of thioether (sulfide) groups is 1. The van der Waals surface area contributed by atoms with Crippen molar-refractivity contribution in [2.75, 3.05) is 5.32 Å². The van der Waals surface area contributed by atoms with Gasteiger partial charge in [-0.2, -0.15) is 10.5 Å². The number of nitriles is 2. The zero-order valence-corrected chi connectivity index (χ0v) is 15.8. The molecule has 2 rings (SSSR count). The molecular weight excluding hydrogens is 345 g/mol. The van der Waals surface area contributed by atoms with Crippen molar-refractivity contribution in [1.82, 2.24) is 0 Å². The van der Waals surface area contributed by atoms with Crippen molar-refractivity contribution >= 4 is 17.4 Å². The van der Waals surface area contributed by atoms with Gasteiger partial charge in [0.2, 0.25) is 0 Å². The van der Waals surface area contributed by atoms with E-state index < -0.39 is 0 Å². The third kappa shape index (κ3) is 5.37. The molecule has 0 aliphatic carbocycles. The van der Waals surface area contributed by atoms with Gasteiger partial charge in [0.05, 0.1) is 0 Å². The van der Waals surface area contributed by atoms with E-state index >= 15 is 0 Å². The molecule has 0 aliphatic rings. The Morgan fingerprint density at radius 2 is 1.58 bits per heavy atom. The third-order valence-corrected chi connectivity index (χ3v) is 4.83. The Balaban J connectivity index is 2.15. The van der Waals surface area contributed by atoms with Gasteiger partial charge in [-0.15, -0.1) is 11.8 Å². The zero-order valence-electron chi connectivity index (χ0n) is 15.0. The first-order chi connectivity index (χ1) is 12.3. The number of benzene rings is 2. The molecular formula is C21H20FN3S. The summed E-state index contributed by atoms with van der Waals surface area (Å²) in [4.78, 5) is 0. The molecule has 1 N–H and O–H groups in total. The van der Waals surface area contributed by atoms with Gasteiger partial charge in [0.1, 0.15) is 23.0 Å². The maximum absolute atomic E-state index is 13.1. The van der Waals surface area contributed by atoms with Crippen LogP contribution in [0.15, 0.2) is 59.1 Å². The quantitative estimate of drug-likeness (QED) is 0.688. The Morgan fingerprint density at radius 3 is 2.08 bits per heavy atom. The van der Waals surface area contributed by atoms with Crippen LogP contribution >= 0.6 is 11.8 Å². The largest absolute Gasteiger partial charge is 0.349 e. The summed E-state index contributed by atoms with van der Waals surface area (Å²) in [7, 11) is 0. The van der Waals surface area contributed by atoms with E-state index in [1.54, 1.807) is 12.1 Å². The van der Waals surface area contributed by atoms with Crippen molar-refractivity contribution in [3.05, 3.63) is 76.1 Å². The fourth-order valence-corrected chi connectivity index (χ4v) is 3.15. The minimum Gasteiger partial charge on any atom is -0.349 e. The van der Waals surface area contributed by atoms with Crippen LogP contribution in [0.2, 0.25) is 0 Å². The van der Waals surface area contributed by atoms with Crippen molar-refractivity contribution in [3.63, 3.8) is 0 Å². The average Bonchev–Trinajstić information content (AvgIpc) is 2.62. The second-order valence-electron chi connectivity index (χ2n) is 6.80. The van der Waals surface area contributed by atoms with E-state index in [1.165, 1.54) is 29.5 Å². The summed E-state index contributed by atoms with van der Waals surface area (Å²) in [5.74, 6) is 0.273. The summed E-state index contributed by atoms with van der Waals surface area (Å²) in [5.41, 5.74) is 3.07. The van der Waals surface area contributed by atoms with Crippen LogP contribution < -0.4 is 5.32 Å². The molecule has 2 aromatic carbocycles. The SMILES string of the molecule is CC(C)(C)c1ccc(CSC(Nc2ccc(F)cc2)=C(C#N)C#N)cc1. The lowest BCUT2D eigenvalue weighted by molar-refractivity contribution is 0.590. The molecule has 2 aromatic rings. The molecule has 0 radical (unpaired) electrons. The molecule has 0 aromatic heterocycles. The van der Waals surface area contributed by atoms with Gasteiger partial charge in [-0.05, 0) is 40.8 Å². The highest BCUT2D eigenvalue weighted by atomic mass is 32.2. The lowest BCUT2D eigenvalue weighted by Gasteiger charge is -2.19. The number of nitrogens with zero attached hydrogens (tertiary/aromatic N) is 2. The van der Waals surface area contributed by atoms with Crippen LogP contribution in [0.5, 0.6) is 0 Å². The average molecular weight is 365 g/mol. The number of halogens is 1. The van der Waals surface area contributed by atoms with Gasteiger partial charge >= 0.3 is 0 Å². The number of anilines is 1. The first kappa shape index (κ1) is 19.6. The first-order valence-electron chi connectivity index (χ1n) is 8.13. The Labute approximate surface area is 158 Å².